The van der Waals surface area contributed by atoms with Crippen molar-refractivity contribution in [3.05, 3.63) is 39.4 Å². The van der Waals surface area contributed by atoms with Gasteiger partial charge in [0.1, 0.15) is 5.56 Å². The molecule has 1 aromatic rings. The molecule has 0 unspecified atom stereocenters. The normalized spacial score (nSPS) is 11.5. The van der Waals surface area contributed by atoms with Crippen molar-refractivity contribution >= 4 is 21.6 Å². The predicted molar refractivity (Wildman–Crippen MR) is 50.7 cm³/mol. The van der Waals surface area contributed by atoms with E-state index in [1.807, 2.05) is 0 Å². The van der Waals surface area contributed by atoms with Gasteiger partial charge in [-0.3, -0.25) is 10.1 Å². The van der Waals surface area contributed by atoms with Crippen LogP contribution in [0.25, 0.3) is 0 Å². The second-order valence-corrected chi connectivity index (χ2v) is 3.26. The molecule has 0 aliphatic heterocycles. The lowest BCUT2D eigenvalue weighted by molar-refractivity contribution is -0.388. The number of rotatable bonds is 2. The molecule has 0 fully saturated rings. The molecule has 0 bridgehead atoms. The number of nitrogens with zero attached hydrogens (tertiary/aromatic N) is 1. The monoisotopic (exact) mass is 283 g/mol. The lowest BCUT2D eigenvalue weighted by Gasteiger charge is -2.10. The molecule has 0 spiro atoms. The van der Waals surface area contributed by atoms with Crippen molar-refractivity contribution in [3.8, 4) is 0 Å². The van der Waals surface area contributed by atoms with Crippen molar-refractivity contribution in [3.63, 3.8) is 0 Å². The smallest absolute Gasteiger partial charge is 0.258 e. The Morgan fingerprint density at radius 3 is 2.40 bits per heavy atom. The standard InChI is InChI=1S/C8H5BrF3NO2/c9-4-5-2-1-3-6(13(14)15)7(5)8(10,11)12/h1-3H,4H2. The van der Waals surface area contributed by atoms with E-state index in [1.54, 1.807) is 0 Å². The van der Waals surface area contributed by atoms with E-state index in [-0.39, 0.29) is 10.9 Å². The highest BCUT2D eigenvalue weighted by Gasteiger charge is 2.40. The zero-order valence-corrected chi connectivity index (χ0v) is 8.80. The second-order valence-electron chi connectivity index (χ2n) is 2.70. The van der Waals surface area contributed by atoms with E-state index < -0.39 is 22.4 Å². The highest BCUT2D eigenvalue weighted by Crippen LogP contribution is 2.39. The molecule has 1 aromatic carbocycles. The first kappa shape index (κ1) is 12.0. The minimum atomic E-state index is -4.72. The Balaban J connectivity index is 3.47. The molecule has 3 nitrogen and oxygen atoms in total. The summed E-state index contributed by atoms with van der Waals surface area (Å²) in [7, 11) is 0. The molecule has 0 amide bonds. The molecule has 0 saturated carbocycles. The van der Waals surface area contributed by atoms with Crippen LogP contribution in [-0.4, -0.2) is 4.92 Å². The molecule has 0 aliphatic rings. The van der Waals surface area contributed by atoms with Crippen LogP contribution >= 0.6 is 15.9 Å². The minimum Gasteiger partial charge on any atom is -0.258 e. The third-order valence-corrected chi connectivity index (χ3v) is 2.36. The van der Waals surface area contributed by atoms with Crippen LogP contribution in [0.4, 0.5) is 18.9 Å². The summed E-state index contributed by atoms with van der Waals surface area (Å²) in [5.74, 6) is 0. The van der Waals surface area contributed by atoms with Gasteiger partial charge in [0.2, 0.25) is 0 Å². The molecule has 0 aliphatic carbocycles. The van der Waals surface area contributed by atoms with Gasteiger partial charge in [-0.25, -0.2) is 0 Å². The van der Waals surface area contributed by atoms with E-state index in [9.17, 15) is 23.3 Å². The van der Waals surface area contributed by atoms with E-state index in [2.05, 4.69) is 15.9 Å². The molecule has 0 aromatic heterocycles. The quantitative estimate of drug-likeness (QED) is 0.474. The summed E-state index contributed by atoms with van der Waals surface area (Å²) in [6, 6.07) is 3.27. The summed E-state index contributed by atoms with van der Waals surface area (Å²) in [6.45, 7) is 0. The van der Waals surface area contributed by atoms with Gasteiger partial charge in [-0.1, -0.05) is 28.1 Å². The van der Waals surface area contributed by atoms with Gasteiger partial charge >= 0.3 is 6.18 Å². The summed E-state index contributed by atoms with van der Waals surface area (Å²) < 4.78 is 37.6. The number of nitro groups is 1. The molecule has 0 N–H and O–H groups in total. The average molecular weight is 284 g/mol. The van der Waals surface area contributed by atoms with Crippen LogP contribution in [-0.2, 0) is 11.5 Å². The van der Waals surface area contributed by atoms with Crippen LogP contribution in [0.1, 0.15) is 11.1 Å². The van der Waals surface area contributed by atoms with Gasteiger partial charge < -0.3 is 0 Å². The number of nitro benzene ring substituents is 1. The SMILES string of the molecule is O=[N+]([O-])c1cccc(CBr)c1C(F)(F)F. The maximum absolute atomic E-state index is 12.5. The molecule has 1 rings (SSSR count). The van der Waals surface area contributed by atoms with Gasteiger partial charge in [-0.05, 0) is 5.56 Å². The van der Waals surface area contributed by atoms with E-state index in [4.69, 9.17) is 0 Å². The summed E-state index contributed by atoms with van der Waals surface area (Å²) in [5, 5.41) is 10.3. The Labute approximate surface area is 91.2 Å². The van der Waals surface area contributed by atoms with Crippen molar-refractivity contribution < 1.29 is 18.1 Å². The van der Waals surface area contributed by atoms with E-state index in [1.165, 1.54) is 12.1 Å². The third-order valence-electron chi connectivity index (χ3n) is 1.75. The van der Waals surface area contributed by atoms with Crippen LogP contribution < -0.4 is 0 Å². The molecule has 15 heavy (non-hydrogen) atoms. The largest absolute Gasteiger partial charge is 0.423 e. The molecule has 0 saturated heterocycles. The molecule has 82 valence electrons. The van der Waals surface area contributed by atoms with Crippen molar-refractivity contribution in [2.75, 3.05) is 0 Å². The first-order valence-corrected chi connectivity index (χ1v) is 4.89. The number of hydrogen-bond donors (Lipinski definition) is 0. The van der Waals surface area contributed by atoms with Crippen molar-refractivity contribution in [2.45, 2.75) is 11.5 Å². The first-order valence-electron chi connectivity index (χ1n) is 3.77. The van der Waals surface area contributed by atoms with Gasteiger partial charge in [-0.2, -0.15) is 13.2 Å². The Morgan fingerprint density at radius 2 is 2.00 bits per heavy atom. The number of hydrogen-bond acceptors (Lipinski definition) is 2. The zero-order valence-electron chi connectivity index (χ0n) is 7.21. The number of halogens is 4. The minimum absolute atomic E-state index is 0.0798. The van der Waals surface area contributed by atoms with Crippen molar-refractivity contribution in [1.82, 2.24) is 0 Å². The average Bonchev–Trinajstić information content (AvgIpc) is 2.15. The first-order chi connectivity index (χ1) is 6.88. The van der Waals surface area contributed by atoms with E-state index in [0.717, 1.165) is 6.07 Å². The fourth-order valence-corrected chi connectivity index (χ4v) is 1.64. The highest BCUT2D eigenvalue weighted by molar-refractivity contribution is 9.08. The maximum atomic E-state index is 12.5. The Bertz CT molecular complexity index is 392. The fourth-order valence-electron chi connectivity index (χ4n) is 1.18. The van der Waals surface area contributed by atoms with Crippen molar-refractivity contribution in [1.29, 1.82) is 0 Å². The van der Waals surface area contributed by atoms with Crippen LogP contribution in [0.2, 0.25) is 0 Å². The number of alkyl halides is 4. The van der Waals surface area contributed by atoms with Crippen LogP contribution in [0, 0.1) is 10.1 Å². The van der Waals surface area contributed by atoms with Crippen molar-refractivity contribution in [2.24, 2.45) is 0 Å². The van der Waals surface area contributed by atoms with E-state index >= 15 is 0 Å². The van der Waals surface area contributed by atoms with Crippen LogP contribution in [0.5, 0.6) is 0 Å². The van der Waals surface area contributed by atoms with Gasteiger partial charge in [0.25, 0.3) is 5.69 Å². The molecule has 0 atom stereocenters. The molecule has 7 heteroatoms. The summed E-state index contributed by atoms with van der Waals surface area (Å²) >= 11 is 2.86. The molecule has 0 radical (unpaired) electrons. The van der Waals surface area contributed by atoms with Crippen LogP contribution in [0.3, 0.4) is 0 Å². The van der Waals surface area contributed by atoms with Gasteiger partial charge in [0, 0.05) is 11.4 Å². The lowest BCUT2D eigenvalue weighted by Crippen LogP contribution is -2.11. The summed E-state index contributed by atoms with van der Waals surface area (Å²) in [6.07, 6.45) is -4.72. The fraction of sp³-hybridized carbons (Fsp3) is 0.250. The third kappa shape index (κ3) is 2.47. The predicted octanol–water partition coefficient (Wildman–Crippen LogP) is 3.51. The topological polar surface area (TPSA) is 43.1 Å². The highest BCUT2D eigenvalue weighted by atomic mass is 79.9. The van der Waals surface area contributed by atoms with E-state index in [0.29, 0.717) is 0 Å². The molecule has 0 heterocycles. The number of benzene rings is 1. The van der Waals surface area contributed by atoms with Gasteiger partial charge in [0.15, 0.2) is 0 Å². The summed E-state index contributed by atoms with van der Waals surface area (Å²) in [4.78, 5) is 9.39. The Hall–Kier alpha value is -1.11. The van der Waals surface area contributed by atoms with Crippen LogP contribution in [0.15, 0.2) is 18.2 Å². The zero-order chi connectivity index (χ0) is 11.6. The molecular formula is C8H5BrF3NO2. The van der Waals surface area contributed by atoms with Gasteiger partial charge in [0.05, 0.1) is 4.92 Å². The maximum Gasteiger partial charge on any atom is 0.423 e. The molecular weight excluding hydrogens is 279 g/mol. The Kier molecular flexibility index (Phi) is 3.33. The van der Waals surface area contributed by atoms with Gasteiger partial charge in [-0.15, -0.1) is 0 Å². The summed E-state index contributed by atoms with van der Waals surface area (Å²) in [5.41, 5.74) is -2.25. The Morgan fingerprint density at radius 1 is 1.40 bits per heavy atom. The lowest BCUT2D eigenvalue weighted by atomic mass is 10.1. The second kappa shape index (κ2) is 4.18.